The van der Waals surface area contributed by atoms with E-state index in [0.717, 1.165) is 12.0 Å². The molecule has 1 rings (SSSR count). The fourth-order valence-electron chi connectivity index (χ4n) is 1.73. The minimum absolute atomic E-state index is 0.0305. The molecule has 0 saturated heterocycles. The summed E-state index contributed by atoms with van der Waals surface area (Å²) in [4.78, 5) is 22.9. The second-order valence-electron chi connectivity index (χ2n) is 3.48. The molecule has 3 nitrogen and oxygen atoms in total. The summed E-state index contributed by atoms with van der Waals surface area (Å²) < 4.78 is 1.53. The van der Waals surface area contributed by atoms with Crippen LogP contribution in [-0.4, -0.2) is 10.4 Å². The molecule has 0 spiro atoms. The summed E-state index contributed by atoms with van der Waals surface area (Å²) in [5.74, 6) is -0.0305. The molecule has 76 valence electrons. The molecule has 0 fully saturated rings. The molecular formula is C11H15NO2. The fraction of sp³-hybridized carbons (Fsp3) is 0.455. The largest absolute Gasteiger partial charge is 0.318 e. The monoisotopic (exact) mass is 193 g/mol. The van der Waals surface area contributed by atoms with Gasteiger partial charge in [-0.3, -0.25) is 9.59 Å². The van der Waals surface area contributed by atoms with E-state index in [9.17, 15) is 9.59 Å². The summed E-state index contributed by atoms with van der Waals surface area (Å²) in [5.41, 5.74) is 2.00. The number of rotatable bonds is 2. The van der Waals surface area contributed by atoms with Crippen molar-refractivity contribution in [3.8, 4) is 0 Å². The van der Waals surface area contributed by atoms with E-state index in [2.05, 4.69) is 0 Å². The van der Waals surface area contributed by atoms with Crippen LogP contribution in [0.2, 0.25) is 0 Å². The van der Waals surface area contributed by atoms with Gasteiger partial charge in [-0.2, -0.15) is 0 Å². The van der Waals surface area contributed by atoms with Crippen LogP contribution in [0, 0.1) is 6.92 Å². The molecule has 0 aliphatic heterocycles. The molecule has 0 unspecified atom stereocenters. The van der Waals surface area contributed by atoms with Crippen LogP contribution in [0.1, 0.15) is 35.3 Å². The van der Waals surface area contributed by atoms with Crippen LogP contribution in [0.3, 0.4) is 0 Å². The number of pyridine rings is 1. The molecular weight excluding hydrogens is 178 g/mol. The molecule has 14 heavy (non-hydrogen) atoms. The van der Waals surface area contributed by atoms with Gasteiger partial charge in [-0.05, 0) is 25.8 Å². The van der Waals surface area contributed by atoms with Crippen LogP contribution in [0.15, 0.2) is 11.0 Å². The van der Waals surface area contributed by atoms with Gasteiger partial charge in [0.2, 0.25) is 0 Å². The molecule has 1 aromatic rings. The highest BCUT2D eigenvalue weighted by Crippen LogP contribution is 2.11. The number of ketones is 1. The Balaban J connectivity index is 3.61. The number of Topliss-reactive ketones (excluding diaryl/α,β-unsaturated/α-hetero) is 1. The average molecular weight is 193 g/mol. The maximum Gasteiger partial charge on any atom is 0.253 e. The van der Waals surface area contributed by atoms with E-state index < -0.39 is 0 Å². The third-order valence-corrected chi connectivity index (χ3v) is 2.42. The smallest absolute Gasteiger partial charge is 0.253 e. The van der Waals surface area contributed by atoms with Crippen molar-refractivity contribution in [1.82, 2.24) is 4.57 Å². The molecule has 0 saturated carbocycles. The summed E-state index contributed by atoms with van der Waals surface area (Å²) in [5, 5.41) is 0. The van der Waals surface area contributed by atoms with E-state index in [1.54, 1.807) is 20.2 Å². The van der Waals surface area contributed by atoms with Crippen LogP contribution < -0.4 is 5.56 Å². The van der Waals surface area contributed by atoms with Gasteiger partial charge in [-0.1, -0.05) is 6.92 Å². The van der Waals surface area contributed by atoms with E-state index in [0.29, 0.717) is 11.1 Å². The van der Waals surface area contributed by atoms with Gasteiger partial charge < -0.3 is 4.57 Å². The molecule has 0 bridgehead atoms. The molecule has 0 aliphatic carbocycles. The van der Waals surface area contributed by atoms with Crippen molar-refractivity contribution >= 4 is 5.78 Å². The van der Waals surface area contributed by atoms with Crippen molar-refractivity contribution in [3.63, 3.8) is 0 Å². The standard InChI is InChI=1S/C11H15NO2/c1-5-9-6-12(4)11(14)7(2)10(9)8(3)13/h6H,5H2,1-4H3. The molecule has 0 aromatic carbocycles. The minimum atomic E-state index is -0.0904. The lowest BCUT2D eigenvalue weighted by Crippen LogP contribution is -2.23. The van der Waals surface area contributed by atoms with Gasteiger partial charge in [0.1, 0.15) is 0 Å². The van der Waals surface area contributed by atoms with Crippen molar-refractivity contribution < 1.29 is 4.79 Å². The molecule has 0 aliphatic rings. The SMILES string of the molecule is CCc1cn(C)c(=O)c(C)c1C(C)=O. The molecule has 1 aromatic heterocycles. The van der Waals surface area contributed by atoms with Gasteiger partial charge in [0.05, 0.1) is 0 Å². The zero-order chi connectivity index (χ0) is 10.9. The quantitative estimate of drug-likeness (QED) is 0.667. The zero-order valence-electron chi connectivity index (χ0n) is 9.05. The average Bonchev–Trinajstić information content (AvgIpc) is 2.12. The zero-order valence-corrected chi connectivity index (χ0v) is 9.05. The highest BCUT2D eigenvalue weighted by Gasteiger charge is 2.13. The number of hydrogen-bond donors (Lipinski definition) is 0. The first-order valence-electron chi connectivity index (χ1n) is 4.69. The predicted molar refractivity (Wildman–Crippen MR) is 55.8 cm³/mol. The van der Waals surface area contributed by atoms with Crippen molar-refractivity contribution in [3.05, 3.63) is 33.2 Å². The first-order valence-corrected chi connectivity index (χ1v) is 4.69. The summed E-state index contributed by atoms with van der Waals surface area (Å²) in [7, 11) is 1.71. The van der Waals surface area contributed by atoms with Gasteiger partial charge in [-0.15, -0.1) is 0 Å². The van der Waals surface area contributed by atoms with E-state index >= 15 is 0 Å². The van der Waals surface area contributed by atoms with E-state index in [1.807, 2.05) is 6.92 Å². The molecule has 0 amide bonds. The lowest BCUT2D eigenvalue weighted by atomic mass is 10.00. The Morgan fingerprint density at radius 3 is 2.50 bits per heavy atom. The summed E-state index contributed by atoms with van der Waals surface area (Å²) in [6.45, 7) is 5.19. The molecule has 0 N–H and O–H groups in total. The predicted octanol–water partition coefficient (Wildman–Crippen LogP) is 1.46. The lowest BCUT2D eigenvalue weighted by Gasteiger charge is -2.10. The first kappa shape index (κ1) is 10.7. The number of carbonyl (C=O) groups excluding carboxylic acids is 1. The number of aryl methyl sites for hydroxylation is 2. The summed E-state index contributed by atoms with van der Waals surface area (Å²) >= 11 is 0. The number of nitrogens with zero attached hydrogens (tertiary/aromatic N) is 1. The van der Waals surface area contributed by atoms with Gasteiger partial charge in [-0.25, -0.2) is 0 Å². The number of hydrogen-bond acceptors (Lipinski definition) is 2. The van der Waals surface area contributed by atoms with Crippen LogP contribution >= 0.6 is 0 Å². The molecule has 3 heteroatoms. The molecule has 0 atom stereocenters. The highest BCUT2D eigenvalue weighted by molar-refractivity contribution is 5.96. The van der Waals surface area contributed by atoms with Gasteiger partial charge in [0, 0.05) is 24.4 Å². The third-order valence-electron chi connectivity index (χ3n) is 2.42. The van der Waals surface area contributed by atoms with Crippen molar-refractivity contribution in [1.29, 1.82) is 0 Å². The van der Waals surface area contributed by atoms with Crippen molar-refractivity contribution in [2.75, 3.05) is 0 Å². The van der Waals surface area contributed by atoms with Crippen LogP contribution in [0.4, 0.5) is 0 Å². The third kappa shape index (κ3) is 1.62. The summed E-state index contributed by atoms with van der Waals surface area (Å²) in [6, 6.07) is 0. The second kappa shape index (κ2) is 3.78. The second-order valence-corrected chi connectivity index (χ2v) is 3.48. The Hall–Kier alpha value is -1.38. The topological polar surface area (TPSA) is 39.1 Å². The van der Waals surface area contributed by atoms with Crippen LogP contribution in [0.5, 0.6) is 0 Å². The highest BCUT2D eigenvalue weighted by atomic mass is 16.1. The first-order chi connectivity index (χ1) is 6.49. The van der Waals surface area contributed by atoms with Gasteiger partial charge in [0.15, 0.2) is 5.78 Å². The maximum atomic E-state index is 11.6. The van der Waals surface area contributed by atoms with Gasteiger partial charge >= 0.3 is 0 Å². The Morgan fingerprint density at radius 1 is 1.50 bits per heavy atom. The van der Waals surface area contributed by atoms with E-state index in [4.69, 9.17) is 0 Å². The Morgan fingerprint density at radius 2 is 2.07 bits per heavy atom. The maximum absolute atomic E-state index is 11.6. The van der Waals surface area contributed by atoms with E-state index in [-0.39, 0.29) is 11.3 Å². The Bertz CT molecular complexity index is 430. The Labute approximate surface area is 83.4 Å². The van der Waals surface area contributed by atoms with Crippen molar-refractivity contribution in [2.45, 2.75) is 27.2 Å². The Kier molecular flexibility index (Phi) is 2.89. The van der Waals surface area contributed by atoms with Gasteiger partial charge in [0.25, 0.3) is 5.56 Å². The lowest BCUT2D eigenvalue weighted by molar-refractivity contribution is 0.101. The van der Waals surface area contributed by atoms with Crippen molar-refractivity contribution in [2.24, 2.45) is 7.05 Å². The van der Waals surface area contributed by atoms with E-state index in [1.165, 1.54) is 11.5 Å². The number of carbonyl (C=O) groups is 1. The normalized spacial score (nSPS) is 10.3. The molecule has 1 heterocycles. The van der Waals surface area contributed by atoms with Crippen LogP contribution in [0.25, 0.3) is 0 Å². The summed E-state index contributed by atoms with van der Waals surface area (Å²) in [6.07, 6.45) is 2.51. The van der Waals surface area contributed by atoms with Crippen LogP contribution in [-0.2, 0) is 13.5 Å². The fourth-order valence-corrected chi connectivity index (χ4v) is 1.73. The molecule has 0 radical (unpaired) electrons. The number of aromatic nitrogens is 1. The minimum Gasteiger partial charge on any atom is -0.318 e.